The van der Waals surface area contributed by atoms with Crippen LogP contribution >= 0.6 is 0 Å². The largest absolute Gasteiger partial charge is 0.454 e. The molecule has 0 N–H and O–H groups in total. The third-order valence-corrected chi connectivity index (χ3v) is 10.5. The molecule has 0 spiro atoms. The van der Waals surface area contributed by atoms with Crippen molar-refractivity contribution in [1.29, 1.82) is 0 Å². The summed E-state index contributed by atoms with van der Waals surface area (Å²) in [5, 5.41) is 2.20. The van der Waals surface area contributed by atoms with Crippen molar-refractivity contribution in [3.8, 4) is 22.3 Å². The highest BCUT2D eigenvalue weighted by Crippen LogP contribution is 2.59. The van der Waals surface area contributed by atoms with E-state index in [9.17, 15) is 0 Å². The van der Waals surface area contributed by atoms with Crippen LogP contribution in [-0.2, 0) is 5.41 Å². The zero-order valence-electron chi connectivity index (χ0n) is 27.9. The summed E-state index contributed by atoms with van der Waals surface area (Å²) in [7, 11) is 0. The molecule has 0 amide bonds. The molecule has 0 aliphatic heterocycles. The second kappa shape index (κ2) is 11.8. The molecule has 0 radical (unpaired) electrons. The van der Waals surface area contributed by atoms with Gasteiger partial charge >= 0.3 is 0 Å². The van der Waals surface area contributed by atoms with Gasteiger partial charge < -0.3 is 9.32 Å². The molecule has 0 unspecified atom stereocenters. The minimum Gasteiger partial charge on any atom is -0.454 e. The first kappa shape index (κ1) is 29.3. The average molecular weight is 652 g/mol. The van der Waals surface area contributed by atoms with E-state index in [-0.39, 0.29) is 0 Å². The molecular formula is C49H33NO. The van der Waals surface area contributed by atoms with Crippen molar-refractivity contribution in [3.05, 3.63) is 222 Å². The van der Waals surface area contributed by atoms with Gasteiger partial charge in [0.1, 0.15) is 5.58 Å². The zero-order valence-corrected chi connectivity index (χ0v) is 27.9. The van der Waals surface area contributed by atoms with E-state index in [0.29, 0.717) is 0 Å². The molecule has 0 atom stereocenters. The smallest absolute Gasteiger partial charge is 0.159 e. The van der Waals surface area contributed by atoms with Crippen molar-refractivity contribution in [3.63, 3.8) is 0 Å². The minimum atomic E-state index is -0.565. The minimum absolute atomic E-state index is 0.565. The molecule has 1 aromatic heterocycles. The molecule has 2 nitrogen and oxygen atoms in total. The quantitative estimate of drug-likeness (QED) is 0.178. The van der Waals surface area contributed by atoms with Gasteiger partial charge in [0.05, 0.1) is 16.8 Å². The Hall–Kier alpha value is -6.64. The van der Waals surface area contributed by atoms with Crippen molar-refractivity contribution in [1.82, 2.24) is 0 Å². The van der Waals surface area contributed by atoms with Crippen LogP contribution in [0.25, 0.3) is 44.2 Å². The van der Waals surface area contributed by atoms with Crippen molar-refractivity contribution >= 4 is 39.0 Å². The van der Waals surface area contributed by atoms with E-state index in [1.165, 1.54) is 44.5 Å². The van der Waals surface area contributed by atoms with Gasteiger partial charge in [-0.3, -0.25) is 0 Å². The third kappa shape index (κ3) is 4.43. The maximum absolute atomic E-state index is 6.84. The highest BCUT2D eigenvalue weighted by molar-refractivity contribution is 6.11. The number of nitrogens with zero attached hydrogens (tertiary/aromatic N) is 1. The number of furan rings is 1. The number of rotatable bonds is 6. The number of anilines is 3. The van der Waals surface area contributed by atoms with E-state index in [4.69, 9.17) is 4.42 Å². The fourth-order valence-corrected chi connectivity index (χ4v) is 8.42. The van der Waals surface area contributed by atoms with Gasteiger partial charge in [-0.15, -0.1) is 0 Å². The van der Waals surface area contributed by atoms with Gasteiger partial charge in [0.15, 0.2) is 5.58 Å². The topological polar surface area (TPSA) is 16.4 Å². The molecule has 8 aromatic carbocycles. The van der Waals surface area contributed by atoms with Gasteiger partial charge in [0, 0.05) is 16.5 Å². The van der Waals surface area contributed by atoms with Crippen LogP contribution in [0, 0.1) is 0 Å². The van der Waals surface area contributed by atoms with Crippen LogP contribution in [0.1, 0.15) is 22.3 Å². The highest BCUT2D eigenvalue weighted by atomic mass is 16.3. The van der Waals surface area contributed by atoms with Crippen LogP contribution in [0.15, 0.2) is 205 Å². The summed E-state index contributed by atoms with van der Waals surface area (Å²) in [5.74, 6) is 0. The van der Waals surface area contributed by atoms with Crippen LogP contribution in [0.4, 0.5) is 17.1 Å². The Morgan fingerprint density at radius 3 is 1.67 bits per heavy atom. The summed E-state index contributed by atoms with van der Waals surface area (Å²) < 4.78 is 6.84. The average Bonchev–Trinajstić information content (AvgIpc) is 3.74. The molecule has 1 heterocycles. The van der Waals surface area contributed by atoms with Crippen LogP contribution < -0.4 is 4.90 Å². The lowest BCUT2D eigenvalue weighted by atomic mass is 9.67. The molecule has 0 bridgehead atoms. The van der Waals surface area contributed by atoms with E-state index in [1.54, 1.807) is 0 Å². The lowest BCUT2D eigenvalue weighted by Gasteiger charge is -2.38. The lowest BCUT2D eigenvalue weighted by Crippen LogP contribution is -2.30. The van der Waals surface area contributed by atoms with Gasteiger partial charge in [-0.2, -0.15) is 0 Å². The van der Waals surface area contributed by atoms with E-state index >= 15 is 0 Å². The molecule has 51 heavy (non-hydrogen) atoms. The van der Waals surface area contributed by atoms with Crippen LogP contribution in [0.2, 0.25) is 0 Å². The highest BCUT2D eigenvalue weighted by Gasteiger charge is 2.47. The Kier molecular flexibility index (Phi) is 6.75. The van der Waals surface area contributed by atoms with Gasteiger partial charge in [-0.05, 0) is 80.9 Å². The summed E-state index contributed by atoms with van der Waals surface area (Å²) in [6.45, 7) is 0. The number of benzene rings is 8. The summed E-state index contributed by atoms with van der Waals surface area (Å²) in [6, 6.07) is 72.1. The molecule has 0 fully saturated rings. The van der Waals surface area contributed by atoms with E-state index in [2.05, 4.69) is 205 Å². The number of hydrogen-bond donors (Lipinski definition) is 0. The monoisotopic (exact) mass is 651 g/mol. The second-order valence-corrected chi connectivity index (χ2v) is 13.2. The van der Waals surface area contributed by atoms with Gasteiger partial charge in [0.25, 0.3) is 0 Å². The molecular weight excluding hydrogens is 619 g/mol. The Balaban J connectivity index is 1.27. The molecule has 9 aromatic rings. The zero-order chi connectivity index (χ0) is 33.8. The molecule has 1 aliphatic carbocycles. The predicted octanol–water partition coefficient (Wildman–Crippen LogP) is 13.1. The normalized spacial score (nSPS) is 12.9. The molecule has 2 heteroatoms. The Morgan fingerprint density at radius 2 is 0.961 bits per heavy atom. The Bertz CT molecular complexity index is 2650. The van der Waals surface area contributed by atoms with E-state index in [0.717, 1.165) is 39.0 Å². The SMILES string of the molecule is c1ccc(-c2ccc3oc4c(N(c5ccccc5)c5ccccc5C5(c6ccccc6)c6ccccc6-c6ccccc65)cccc4c3c2)cc1. The molecule has 10 rings (SSSR count). The van der Waals surface area contributed by atoms with E-state index < -0.39 is 5.41 Å². The summed E-state index contributed by atoms with van der Waals surface area (Å²) >= 11 is 0. The van der Waals surface area contributed by atoms with Gasteiger partial charge in [-0.1, -0.05) is 164 Å². The predicted molar refractivity (Wildman–Crippen MR) is 211 cm³/mol. The van der Waals surface area contributed by atoms with Crippen LogP contribution in [0.3, 0.4) is 0 Å². The fraction of sp³-hybridized carbons (Fsp3) is 0.0204. The van der Waals surface area contributed by atoms with Crippen LogP contribution in [0.5, 0.6) is 0 Å². The van der Waals surface area contributed by atoms with Crippen molar-refractivity contribution in [2.45, 2.75) is 5.41 Å². The summed E-state index contributed by atoms with van der Waals surface area (Å²) in [4.78, 5) is 2.40. The summed E-state index contributed by atoms with van der Waals surface area (Å²) in [5.41, 5.74) is 14.2. The molecule has 240 valence electrons. The molecule has 0 saturated carbocycles. The standard InChI is InChI=1S/C49H33NO/c1-4-17-34(18-5-1)35-31-32-47-41(33-35)40-25-16-30-46(48(40)51-47)50(37-21-8-3-9-22-37)45-29-15-14-28-44(45)49(36-19-6-2-7-20-36)42-26-12-10-23-38(42)39-24-11-13-27-43(39)49/h1-33H. The van der Waals surface area contributed by atoms with Crippen molar-refractivity contribution < 1.29 is 4.42 Å². The first-order valence-corrected chi connectivity index (χ1v) is 17.5. The maximum Gasteiger partial charge on any atom is 0.159 e. The number of hydrogen-bond acceptors (Lipinski definition) is 2. The van der Waals surface area contributed by atoms with E-state index in [1.807, 2.05) is 0 Å². The molecule has 0 saturated heterocycles. The first-order valence-electron chi connectivity index (χ1n) is 17.5. The molecule has 1 aliphatic rings. The van der Waals surface area contributed by atoms with Gasteiger partial charge in [-0.25, -0.2) is 0 Å². The van der Waals surface area contributed by atoms with Crippen LogP contribution in [-0.4, -0.2) is 0 Å². The van der Waals surface area contributed by atoms with Crippen molar-refractivity contribution in [2.24, 2.45) is 0 Å². The van der Waals surface area contributed by atoms with Gasteiger partial charge in [0.2, 0.25) is 0 Å². The Morgan fingerprint density at radius 1 is 0.392 bits per heavy atom. The number of fused-ring (bicyclic) bond motifs is 6. The summed E-state index contributed by atoms with van der Waals surface area (Å²) in [6.07, 6.45) is 0. The fourth-order valence-electron chi connectivity index (χ4n) is 8.42. The second-order valence-electron chi connectivity index (χ2n) is 13.2. The lowest BCUT2D eigenvalue weighted by molar-refractivity contribution is 0.669. The van der Waals surface area contributed by atoms with Crippen molar-refractivity contribution in [2.75, 3.05) is 4.90 Å². The Labute approximate surface area is 297 Å². The number of para-hydroxylation sites is 3. The third-order valence-electron chi connectivity index (χ3n) is 10.5. The maximum atomic E-state index is 6.84. The first-order chi connectivity index (χ1) is 25.3.